The van der Waals surface area contributed by atoms with Crippen LogP contribution in [-0.2, 0) is 11.3 Å². The molecule has 0 bridgehead atoms. The molecular formula is C14H19N3O3. The lowest BCUT2D eigenvalue weighted by atomic mass is 9.91. The Morgan fingerprint density at radius 2 is 2.00 bits per heavy atom. The number of pyridine rings is 1. The molecule has 3 amide bonds. The Hall–Kier alpha value is -2.11. The van der Waals surface area contributed by atoms with Crippen molar-refractivity contribution < 1.29 is 14.3 Å². The van der Waals surface area contributed by atoms with Gasteiger partial charge in [-0.05, 0) is 18.9 Å². The van der Waals surface area contributed by atoms with Crippen LogP contribution < -0.4 is 10.1 Å². The fourth-order valence-electron chi connectivity index (χ4n) is 2.60. The lowest BCUT2D eigenvalue weighted by Gasteiger charge is -2.33. The minimum Gasteiger partial charge on any atom is -0.481 e. The highest BCUT2D eigenvalue weighted by Crippen LogP contribution is 2.30. The number of methoxy groups -OCH3 is 1. The molecule has 1 N–H and O–H groups in total. The molecule has 0 saturated carbocycles. The van der Waals surface area contributed by atoms with Crippen LogP contribution in [0.4, 0.5) is 4.79 Å². The molecule has 0 spiro atoms. The van der Waals surface area contributed by atoms with Crippen LogP contribution >= 0.6 is 0 Å². The van der Waals surface area contributed by atoms with Gasteiger partial charge in [0, 0.05) is 6.07 Å². The summed E-state index contributed by atoms with van der Waals surface area (Å²) in [6.45, 7) is 4.11. The van der Waals surface area contributed by atoms with Crippen molar-refractivity contribution in [2.75, 3.05) is 7.11 Å². The molecule has 0 unspecified atom stereocenters. The molecule has 108 valence electrons. The lowest BCUT2D eigenvalue weighted by Crippen LogP contribution is -2.48. The van der Waals surface area contributed by atoms with Crippen LogP contribution in [0.3, 0.4) is 0 Å². The molecule has 0 radical (unpaired) electrons. The number of urea groups is 1. The lowest BCUT2D eigenvalue weighted by molar-refractivity contribution is -0.127. The fraction of sp³-hybridized carbons (Fsp3) is 0.500. The Balaban J connectivity index is 2.30. The zero-order chi connectivity index (χ0) is 14.8. The first kappa shape index (κ1) is 14.3. The Bertz CT molecular complexity index is 526. The predicted molar refractivity (Wildman–Crippen MR) is 73.2 cm³/mol. The summed E-state index contributed by atoms with van der Waals surface area (Å²) in [6.07, 6.45) is 1.15. The highest BCUT2D eigenvalue weighted by Gasteiger charge is 2.50. The van der Waals surface area contributed by atoms with Gasteiger partial charge in [0.15, 0.2) is 0 Å². The second-order valence-electron chi connectivity index (χ2n) is 4.76. The first-order valence-electron chi connectivity index (χ1n) is 6.70. The standard InChI is InChI=1S/C14H19N3O3/c1-4-14(5-2)12(18)16-13(19)17(14)9-10-7-6-8-11(15-10)20-3/h6-8H,4-5,9H2,1-3H3,(H,16,18,19). The van der Waals surface area contributed by atoms with Gasteiger partial charge in [-0.3, -0.25) is 10.1 Å². The van der Waals surface area contributed by atoms with Crippen LogP contribution in [0.15, 0.2) is 18.2 Å². The summed E-state index contributed by atoms with van der Waals surface area (Å²) in [5, 5.41) is 2.40. The van der Waals surface area contributed by atoms with Gasteiger partial charge < -0.3 is 9.64 Å². The minimum absolute atomic E-state index is 0.226. The topological polar surface area (TPSA) is 71.5 Å². The first-order valence-corrected chi connectivity index (χ1v) is 6.70. The van der Waals surface area contributed by atoms with E-state index in [0.29, 0.717) is 24.4 Å². The van der Waals surface area contributed by atoms with E-state index in [0.717, 1.165) is 0 Å². The zero-order valence-electron chi connectivity index (χ0n) is 12.0. The highest BCUT2D eigenvalue weighted by atomic mass is 16.5. The quantitative estimate of drug-likeness (QED) is 0.831. The molecule has 1 fully saturated rings. The molecule has 0 atom stereocenters. The maximum atomic E-state index is 12.1. The van der Waals surface area contributed by atoms with E-state index in [1.807, 2.05) is 26.0 Å². The third-order valence-electron chi connectivity index (χ3n) is 3.89. The summed E-state index contributed by atoms with van der Waals surface area (Å²) < 4.78 is 5.07. The average Bonchev–Trinajstić information content (AvgIpc) is 2.70. The first-order chi connectivity index (χ1) is 9.57. The van der Waals surface area contributed by atoms with Crippen molar-refractivity contribution in [3.05, 3.63) is 23.9 Å². The van der Waals surface area contributed by atoms with Crippen molar-refractivity contribution in [1.82, 2.24) is 15.2 Å². The number of hydrogen-bond acceptors (Lipinski definition) is 4. The summed E-state index contributed by atoms with van der Waals surface area (Å²) in [6, 6.07) is 5.01. The Kier molecular flexibility index (Phi) is 3.92. The van der Waals surface area contributed by atoms with Gasteiger partial charge in [-0.2, -0.15) is 0 Å². The molecular weight excluding hydrogens is 258 g/mol. The van der Waals surface area contributed by atoms with Gasteiger partial charge in [0.25, 0.3) is 5.91 Å². The van der Waals surface area contributed by atoms with Crippen LogP contribution in [0.5, 0.6) is 5.88 Å². The molecule has 1 aromatic rings. The molecule has 0 aliphatic carbocycles. The summed E-state index contributed by atoms with van der Waals surface area (Å²) in [7, 11) is 1.54. The second-order valence-corrected chi connectivity index (χ2v) is 4.76. The molecule has 6 heteroatoms. The zero-order valence-corrected chi connectivity index (χ0v) is 12.0. The molecule has 1 aliphatic heterocycles. The summed E-state index contributed by atoms with van der Waals surface area (Å²) in [5.74, 6) is 0.266. The SMILES string of the molecule is CCC1(CC)C(=O)NC(=O)N1Cc1cccc(OC)n1. The van der Waals surface area contributed by atoms with Gasteiger partial charge in [-0.1, -0.05) is 19.9 Å². The molecule has 0 aromatic carbocycles. The van der Waals surface area contributed by atoms with Crippen LogP contribution in [0.1, 0.15) is 32.4 Å². The van der Waals surface area contributed by atoms with Gasteiger partial charge in [0.1, 0.15) is 5.54 Å². The van der Waals surface area contributed by atoms with Gasteiger partial charge in [0.2, 0.25) is 5.88 Å². The molecule has 1 aliphatic rings. The van der Waals surface area contributed by atoms with Crippen molar-refractivity contribution in [1.29, 1.82) is 0 Å². The summed E-state index contributed by atoms with van der Waals surface area (Å²) in [4.78, 5) is 29.9. The van der Waals surface area contributed by atoms with Crippen molar-refractivity contribution >= 4 is 11.9 Å². The van der Waals surface area contributed by atoms with Crippen molar-refractivity contribution in [3.8, 4) is 5.88 Å². The van der Waals surface area contributed by atoms with E-state index in [4.69, 9.17) is 4.74 Å². The van der Waals surface area contributed by atoms with E-state index in [9.17, 15) is 9.59 Å². The average molecular weight is 277 g/mol. The largest absolute Gasteiger partial charge is 0.481 e. The number of nitrogens with one attached hydrogen (secondary N) is 1. The molecule has 6 nitrogen and oxygen atoms in total. The van der Waals surface area contributed by atoms with Crippen LogP contribution in [0.25, 0.3) is 0 Å². The van der Waals surface area contributed by atoms with Gasteiger partial charge >= 0.3 is 6.03 Å². The number of imide groups is 1. The number of rotatable bonds is 5. The predicted octanol–water partition coefficient (Wildman–Crippen LogP) is 1.70. The van der Waals surface area contributed by atoms with E-state index in [1.165, 1.54) is 0 Å². The third-order valence-corrected chi connectivity index (χ3v) is 3.89. The van der Waals surface area contributed by atoms with E-state index in [-0.39, 0.29) is 18.5 Å². The van der Waals surface area contributed by atoms with E-state index in [2.05, 4.69) is 10.3 Å². The monoisotopic (exact) mass is 277 g/mol. The van der Waals surface area contributed by atoms with Crippen LogP contribution in [0, 0.1) is 0 Å². The molecule has 20 heavy (non-hydrogen) atoms. The smallest absolute Gasteiger partial charge is 0.325 e. The number of amides is 3. The Morgan fingerprint density at radius 3 is 2.60 bits per heavy atom. The van der Waals surface area contributed by atoms with Gasteiger partial charge in [-0.15, -0.1) is 0 Å². The molecule has 2 rings (SSSR count). The van der Waals surface area contributed by atoms with Crippen LogP contribution in [0.2, 0.25) is 0 Å². The summed E-state index contributed by atoms with van der Waals surface area (Å²) in [5.41, 5.74) is -0.0811. The highest BCUT2D eigenvalue weighted by molar-refractivity contribution is 6.06. The fourth-order valence-corrected chi connectivity index (χ4v) is 2.60. The van der Waals surface area contributed by atoms with Gasteiger partial charge in [-0.25, -0.2) is 9.78 Å². The minimum atomic E-state index is -0.776. The van der Waals surface area contributed by atoms with E-state index >= 15 is 0 Å². The number of hydrogen-bond donors (Lipinski definition) is 1. The normalized spacial score (nSPS) is 17.2. The molecule has 1 saturated heterocycles. The number of aromatic nitrogens is 1. The summed E-state index contributed by atoms with van der Waals surface area (Å²) >= 11 is 0. The Labute approximate surface area is 118 Å². The molecule has 1 aromatic heterocycles. The van der Waals surface area contributed by atoms with Crippen molar-refractivity contribution in [2.24, 2.45) is 0 Å². The number of carbonyl (C=O) groups is 2. The number of nitrogens with zero attached hydrogens (tertiary/aromatic N) is 2. The van der Waals surface area contributed by atoms with E-state index in [1.54, 1.807) is 18.1 Å². The van der Waals surface area contributed by atoms with Crippen molar-refractivity contribution in [2.45, 2.75) is 38.8 Å². The van der Waals surface area contributed by atoms with Gasteiger partial charge in [0.05, 0.1) is 19.3 Å². The van der Waals surface area contributed by atoms with Crippen LogP contribution in [-0.4, -0.2) is 34.5 Å². The molecule has 2 heterocycles. The maximum Gasteiger partial charge on any atom is 0.325 e. The second kappa shape index (κ2) is 5.48. The van der Waals surface area contributed by atoms with E-state index < -0.39 is 5.54 Å². The Morgan fingerprint density at radius 1 is 1.30 bits per heavy atom. The van der Waals surface area contributed by atoms with Crippen molar-refractivity contribution in [3.63, 3.8) is 0 Å². The third kappa shape index (κ3) is 2.21. The number of carbonyl (C=O) groups excluding carboxylic acids is 2. The maximum absolute atomic E-state index is 12.1. The number of ether oxygens (including phenoxy) is 1.